The number of ether oxygens (including phenoxy) is 1. The van der Waals surface area contributed by atoms with Crippen LogP contribution in [0.3, 0.4) is 0 Å². The van der Waals surface area contributed by atoms with Gasteiger partial charge in [-0.15, -0.1) is 0 Å². The number of urea groups is 1. The fraction of sp³-hybridized carbons (Fsp3) is 0.333. The molecule has 34 heavy (non-hydrogen) atoms. The third-order valence-electron chi connectivity index (χ3n) is 5.26. The lowest BCUT2D eigenvalue weighted by Crippen LogP contribution is -2.45. The molecule has 2 aromatic carbocycles. The maximum atomic E-state index is 13.5. The summed E-state index contributed by atoms with van der Waals surface area (Å²) < 4.78 is 11.1. The highest BCUT2D eigenvalue weighted by atomic mass is 16.5. The van der Waals surface area contributed by atoms with Crippen LogP contribution in [0, 0.1) is 12.8 Å². The number of aryl methyl sites for hydroxylation is 1. The molecule has 0 fully saturated rings. The number of carbonyl (C=O) groups is 2. The zero-order valence-electron chi connectivity index (χ0n) is 20.3. The molecule has 0 aliphatic carbocycles. The van der Waals surface area contributed by atoms with Crippen molar-refractivity contribution in [1.29, 1.82) is 0 Å². The van der Waals surface area contributed by atoms with Crippen LogP contribution in [0.1, 0.15) is 30.9 Å². The fourth-order valence-electron chi connectivity index (χ4n) is 3.66. The molecular formula is C27H33N3O4. The summed E-state index contributed by atoms with van der Waals surface area (Å²) in [6, 6.07) is 20.4. The van der Waals surface area contributed by atoms with Crippen molar-refractivity contribution in [2.75, 3.05) is 25.5 Å². The third kappa shape index (κ3) is 7.13. The summed E-state index contributed by atoms with van der Waals surface area (Å²) in [5.74, 6) is 2.08. The van der Waals surface area contributed by atoms with Gasteiger partial charge in [0.15, 0.2) is 0 Å². The van der Waals surface area contributed by atoms with E-state index in [0.29, 0.717) is 36.8 Å². The van der Waals surface area contributed by atoms with E-state index in [-0.39, 0.29) is 24.4 Å². The molecule has 0 aliphatic rings. The summed E-state index contributed by atoms with van der Waals surface area (Å²) in [4.78, 5) is 29.9. The Morgan fingerprint density at radius 3 is 2.29 bits per heavy atom. The Bertz CT molecular complexity index is 1080. The summed E-state index contributed by atoms with van der Waals surface area (Å²) >= 11 is 0. The molecule has 1 aromatic heterocycles. The number of benzene rings is 2. The number of anilines is 1. The zero-order chi connectivity index (χ0) is 24.5. The molecule has 0 radical (unpaired) electrons. The van der Waals surface area contributed by atoms with Gasteiger partial charge in [-0.05, 0) is 42.7 Å². The molecule has 0 saturated heterocycles. The molecule has 1 heterocycles. The highest BCUT2D eigenvalue weighted by Crippen LogP contribution is 2.23. The lowest BCUT2D eigenvalue weighted by Gasteiger charge is -2.28. The first-order chi connectivity index (χ1) is 16.4. The number of para-hydroxylation sites is 2. The van der Waals surface area contributed by atoms with E-state index in [4.69, 9.17) is 9.15 Å². The van der Waals surface area contributed by atoms with Crippen molar-refractivity contribution < 1.29 is 18.7 Å². The van der Waals surface area contributed by atoms with Gasteiger partial charge in [0.05, 0.1) is 19.3 Å². The number of hydrogen-bond acceptors (Lipinski definition) is 4. The molecular weight excluding hydrogens is 430 g/mol. The molecule has 0 bridgehead atoms. The van der Waals surface area contributed by atoms with Crippen LogP contribution in [0.5, 0.6) is 5.75 Å². The molecule has 7 nitrogen and oxygen atoms in total. The lowest BCUT2D eigenvalue weighted by atomic mass is 10.2. The van der Waals surface area contributed by atoms with E-state index in [2.05, 4.69) is 5.32 Å². The first kappa shape index (κ1) is 24.9. The zero-order valence-corrected chi connectivity index (χ0v) is 20.3. The first-order valence-electron chi connectivity index (χ1n) is 11.4. The average Bonchev–Trinajstić information content (AvgIpc) is 3.23. The highest BCUT2D eigenvalue weighted by molar-refractivity contribution is 5.93. The van der Waals surface area contributed by atoms with Crippen molar-refractivity contribution in [3.63, 3.8) is 0 Å². The predicted molar refractivity (Wildman–Crippen MR) is 133 cm³/mol. The second kappa shape index (κ2) is 11.9. The number of amides is 3. The second-order valence-electron chi connectivity index (χ2n) is 8.65. The van der Waals surface area contributed by atoms with Crippen LogP contribution >= 0.6 is 0 Å². The van der Waals surface area contributed by atoms with Gasteiger partial charge in [-0.3, -0.25) is 4.79 Å². The SMILES string of the molecule is COc1ccccc1NC(=O)N(CC(=O)N(Cc1ccccc1)Cc1ccc(C)o1)CC(C)C. The number of nitrogens with zero attached hydrogens (tertiary/aromatic N) is 2. The summed E-state index contributed by atoms with van der Waals surface area (Å²) in [5.41, 5.74) is 1.57. The van der Waals surface area contributed by atoms with Crippen LogP contribution in [-0.4, -0.2) is 41.9 Å². The molecule has 0 saturated carbocycles. The quantitative estimate of drug-likeness (QED) is 0.442. The Hall–Kier alpha value is -3.74. The van der Waals surface area contributed by atoms with Crippen LogP contribution in [0.4, 0.5) is 10.5 Å². The highest BCUT2D eigenvalue weighted by Gasteiger charge is 2.24. The van der Waals surface area contributed by atoms with Gasteiger partial charge < -0.3 is 24.3 Å². The molecule has 0 unspecified atom stereocenters. The minimum Gasteiger partial charge on any atom is -0.495 e. The molecule has 0 aliphatic heterocycles. The second-order valence-corrected chi connectivity index (χ2v) is 8.65. The Morgan fingerprint density at radius 2 is 1.65 bits per heavy atom. The summed E-state index contributed by atoms with van der Waals surface area (Å²) in [6.07, 6.45) is 0. The molecule has 180 valence electrons. The standard InChI is InChI=1S/C27H33N3O4/c1-20(2)16-30(27(32)28-24-12-8-9-13-25(24)33-4)19-26(31)29(17-22-10-6-5-7-11-22)18-23-15-14-21(3)34-23/h5-15,20H,16-19H2,1-4H3,(H,28,32). The van der Waals surface area contributed by atoms with E-state index in [1.165, 1.54) is 0 Å². The van der Waals surface area contributed by atoms with E-state index >= 15 is 0 Å². The van der Waals surface area contributed by atoms with E-state index in [9.17, 15) is 9.59 Å². The monoisotopic (exact) mass is 463 g/mol. The smallest absolute Gasteiger partial charge is 0.322 e. The summed E-state index contributed by atoms with van der Waals surface area (Å²) in [7, 11) is 1.55. The number of hydrogen-bond donors (Lipinski definition) is 1. The van der Waals surface area contributed by atoms with E-state index in [0.717, 1.165) is 11.3 Å². The number of nitrogens with one attached hydrogen (secondary N) is 1. The van der Waals surface area contributed by atoms with Crippen molar-refractivity contribution in [3.05, 3.63) is 83.8 Å². The van der Waals surface area contributed by atoms with Gasteiger partial charge in [-0.25, -0.2) is 4.79 Å². The maximum Gasteiger partial charge on any atom is 0.322 e. The molecule has 0 atom stereocenters. The summed E-state index contributed by atoms with van der Waals surface area (Å²) in [6.45, 7) is 7.04. The normalized spacial score (nSPS) is 10.7. The van der Waals surface area contributed by atoms with Crippen LogP contribution in [0.15, 0.2) is 71.1 Å². The van der Waals surface area contributed by atoms with Gasteiger partial charge in [0, 0.05) is 13.1 Å². The Kier molecular flexibility index (Phi) is 8.73. The van der Waals surface area contributed by atoms with Gasteiger partial charge in [0.2, 0.25) is 5.91 Å². The van der Waals surface area contributed by atoms with Crippen LogP contribution in [0.2, 0.25) is 0 Å². The van der Waals surface area contributed by atoms with Crippen LogP contribution < -0.4 is 10.1 Å². The molecule has 3 amide bonds. The fourth-order valence-corrected chi connectivity index (χ4v) is 3.66. The minimum absolute atomic E-state index is 0.0499. The lowest BCUT2D eigenvalue weighted by molar-refractivity contribution is -0.133. The predicted octanol–water partition coefficient (Wildman–Crippen LogP) is 5.32. The number of methoxy groups -OCH3 is 1. The number of carbonyl (C=O) groups excluding carboxylic acids is 2. The minimum atomic E-state index is -0.347. The number of rotatable bonds is 10. The molecule has 3 aromatic rings. The Morgan fingerprint density at radius 1 is 0.941 bits per heavy atom. The van der Waals surface area contributed by atoms with Gasteiger partial charge in [0.1, 0.15) is 23.8 Å². The Labute approximate surface area is 201 Å². The third-order valence-corrected chi connectivity index (χ3v) is 5.26. The van der Waals surface area contributed by atoms with Crippen molar-refractivity contribution in [1.82, 2.24) is 9.80 Å². The Balaban J connectivity index is 1.78. The van der Waals surface area contributed by atoms with Gasteiger partial charge >= 0.3 is 6.03 Å². The van der Waals surface area contributed by atoms with Gasteiger partial charge in [0.25, 0.3) is 0 Å². The van der Waals surface area contributed by atoms with Crippen molar-refractivity contribution >= 4 is 17.6 Å². The van der Waals surface area contributed by atoms with Crippen LogP contribution in [0.25, 0.3) is 0 Å². The number of furan rings is 1. The van der Waals surface area contributed by atoms with E-state index < -0.39 is 0 Å². The van der Waals surface area contributed by atoms with E-state index in [1.807, 2.05) is 75.4 Å². The van der Waals surface area contributed by atoms with Gasteiger partial charge in [-0.2, -0.15) is 0 Å². The maximum absolute atomic E-state index is 13.5. The van der Waals surface area contributed by atoms with Crippen molar-refractivity contribution in [2.24, 2.45) is 5.92 Å². The van der Waals surface area contributed by atoms with Crippen LogP contribution in [-0.2, 0) is 17.9 Å². The molecule has 7 heteroatoms. The molecule has 0 spiro atoms. The topological polar surface area (TPSA) is 75.0 Å². The molecule has 3 rings (SSSR count). The first-order valence-corrected chi connectivity index (χ1v) is 11.4. The summed E-state index contributed by atoms with van der Waals surface area (Å²) in [5, 5.41) is 2.89. The van der Waals surface area contributed by atoms with Gasteiger partial charge in [-0.1, -0.05) is 56.3 Å². The average molecular weight is 464 g/mol. The van der Waals surface area contributed by atoms with Crippen molar-refractivity contribution in [2.45, 2.75) is 33.9 Å². The molecule has 1 N–H and O–H groups in total. The largest absolute Gasteiger partial charge is 0.495 e. The van der Waals surface area contributed by atoms with Crippen molar-refractivity contribution in [3.8, 4) is 5.75 Å². The van der Waals surface area contributed by atoms with E-state index in [1.54, 1.807) is 29.0 Å².